The number of carbonyl (C=O) groups excluding carboxylic acids is 3. The van der Waals surface area contributed by atoms with E-state index in [1.165, 1.54) is 24.3 Å². The van der Waals surface area contributed by atoms with Crippen LogP contribution in [0, 0.1) is 16.0 Å². The molecule has 1 aromatic carbocycles. The van der Waals surface area contributed by atoms with Crippen LogP contribution in [0.3, 0.4) is 0 Å². The van der Waals surface area contributed by atoms with E-state index in [0.29, 0.717) is 31.4 Å². The Hall–Kier alpha value is -2.44. The molecule has 36 heavy (non-hydrogen) atoms. The minimum Gasteiger partial charge on any atom is -0.445 e. The van der Waals surface area contributed by atoms with Gasteiger partial charge in [-0.25, -0.2) is 4.79 Å². The van der Waals surface area contributed by atoms with E-state index in [2.05, 4.69) is 44.5 Å². The van der Waals surface area contributed by atoms with E-state index in [1.54, 1.807) is 0 Å². The maximum atomic E-state index is 12.4. The van der Waals surface area contributed by atoms with Crippen molar-refractivity contribution in [3.8, 4) is 0 Å². The van der Waals surface area contributed by atoms with Crippen LogP contribution < -0.4 is 10.6 Å². The van der Waals surface area contributed by atoms with Gasteiger partial charge in [-0.2, -0.15) is 0 Å². The molecule has 1 heterocycles. The number of non-ortho nitro benzene ring substituents is 1. The molecule has 0 saturated carbocycles. The fourth-order valence-corrected chi connectivity index (χ4v) is 5.99. The highest BCUT2D eigenvalue weighted by Gasteiger charge is 2.48. The molecule has 0 unspecified atom stereocenters. The zero-order valence-electron chi connectivity index (χ0n) is 21.8. The first-order valence-electron chi connectivity index (χ1n) is 12.0. The molecule has 0 radical (unpaired) electrons. The average molecular weight is 540 g/mol. The van der Waals surface area contributed by atoms with Crippen molar-refractivity contribution in [2.45, 2.75) is 83.2 Å². The Balaban J connectivity index is 1.63. The number of carbonyl (C=O) groups is 3. The number of nitro groups is 1. The SMILES string of the molecule is C[C@@H](O[Si](C)(C)C(C)(C)C)[C@@H]1C(=O)N[C@@H]1SC(=O)CCCCNC(=O)OCc1ccc([N+](=O)[O-])cc1. The molecule has 200 valence electrons. The van der Waals surface area contributed by atoms with Crippen LogP contribution in [0.4, 0.5) is 10.5 Å². The van der Waals surface area contributed by atoms with Crippen molar-refractivity contribution in [2.24, 2.45) is 5.92 Å². The fraction of sp³-hybridized carbons (Fsp3) is 0.625. The molecule has 1 aliphatic heterocycles. The lowest BCUT2D eigenvalue weighted by atomic mass is 9.96. The third kappa shape index (κ3) is 8.59. The summed E-state index contributed by atoms with van der Waals surface area (Å²) < 4.78 is 11.5. The summed E-state index contributed by atoms with van der Waals surface area (Å²) in [7, 11) is -2.03. The number of hydrogen-bond acceptors (Lipinski definition) is 8. The van der Waals surface area contributed by atoms with Crippen molar-refractivity contribution in [3.63, 3.8) is 0 Å². The van der Waals surface area contributed by atoms with Crippen LogP contribution in [0.1, 0.15) is 52.5 Å². The maximum absolute atomic E-state index is 12.4. The minimum atomic E-state index is -2.03. The second kappa shape index (κ2) is 12.7. The lowest BCUT2D eigenvalue weighted by Gasteiger charge is -2.44. The number of nitrogens with one attached hydrogen (secondary N) is 2. The largest absolute Gasteiger partial charge is 0.445 e. The molecule has 3 atom stereocenters. The summed E-state index contributed by atoms with van der Waals surface area (Å²) in [4.78, 5) is 46.6. The average Bonchev–Trinajstić information content (AvgIpc) is 2.76. The Labute approximate surface area is 217 Å². The number of thioether (sulfide) groups is 1. The summed E-state index contributed by atoms with van der Waals surface area (Å²) in [6, 6.07) is 5.77. The third-order valence-electron chi connectivity index (χ3n) is 6.56. The van der Waals surface area contributed by atoms with E-state index in [4.69, 9.17) is 9.16 Å². The highest BCUT2D eigenvalue weighted by Crippen LogP contribution is 2.40. The van der Waals surface area contributed by atoms with Crippen LogP contribution in [0.25, 0.3) is 0 Å². The summed E-state index contributed by atoms with van der Waals surface area (Å²) in [6.45, 7) is 13.0. The summed E-state index contributed by atoms with van der Waals surface area (Å²) in [5.74, 6) is -0.428. The Bertz CT molecular complexity index is 950. The van der Waals surface area contributed by atoms with Crippen LogP contribution in [0.5, 0.6) is 0 Å². The Morgan fingerprint density at radius 2 is 1.86 bits per heavy atom. The molecule has 2 N–H and O–H groups in total. The number of amides is 2. The lowest BCUT2D eigenvalue weighted by Crippen LogP contribution is -2.62. The predicted octanol–water partition coefficient (Wildman–Crippen LogP) is 4.73. The number of alkyl carbamates (subject to hydrolysis) is 1. The standard InChI is InChI=1S/C24H37N3O7SSi/c1-16(34-36(5,6)24(2,3)4)20-21(29)26-22(20)35-19(28)9-7-8-14-25-23(30)33-15-17-10-12-18(13-11-17)27(31)32/h10-13,16,20,22H,7-9,14-15H2,1-6H3,(H,25,30)(H,26,29)/t16-,20-,22-/m1/s1. The minimum absolute atomic E-state index is 0.00475. The number of hydrogen-bond donors (Lipinski definition) is 2. The van der Waals surface area contributed by atoms with Crippen molar-refractivity contribution in [3.05, 3.63) is 39.9 Å². The molecule has 1 aromatic rings. The highest BCUT2D eigenvalue weighted by atomic mass is 32.2. The first-order valence-corrected chi connectivity index (χ1v) is 15.8. The van der Waals surface area contributed by atoms with Gasteiger partial charge in [-0.1, -0.05) is 32.5 Å². The van der Waals surface area contributed by atoms with Crippen molar-refractivity contribution < 1.29 is 28.5 Å². The summed E-state index contributed by atoms with van der Waals surface area (Å²) >= 11 is 1.14. The molecule has 12 heteroatoms. The second-order valence-electron chi connectivity index (χ2n) is 10.4. The topological polar surface area (TPSA) is 137 Å². The van der Waals surface area contributed by atoms with Crippen LogP contribution >= 0.6 is 11.8 Å². The fourth-order valence-electron chi connectivity index (χ4n) is 3.34. The van der Waals surface area contributed by atoms with Gasteiger partial charge >= 0.3 is 6.09 Å². The van der Waals surface area contributed by atoms with Crippen LogP contribution in [0.2, 0.25) is 18.1 Å². The van der Waals surface area contributed by atoms with Gasteiger partial charge < -0.3 is 19.8 Å². The quantitative estimate of drug-likeness (QED) is 0.128. The summed E-state index contributed by atoms with van der Waals surface area (Å²) in [5, 5.41) is 15.8. The van der Waals surface area contributed by atoms with Crippen molar-refractivity contribution in [2.75, 3.05) is 6.54 Å². The van der Waals surface area contributed by atoms with Crippen LogP contribution in [-0.4, -0.2) is 48.4 Å². The monoisotopic (exact) mass is 539 g/mol. The summed E-state index contributed by atoms with van der Waals surface area (Å²) in [6.07, 6.45) is 0.678. The normalized spacial score (nSPS) is 18.6. The molecule has 2 rings (SSSR count). The number of benzene rings is 1. The molecular formula is C24H37N3O7SSi. The van der Waals surface area contributed by atoms with Gasteiger partial charge in [0.2, 0.25) is 5.91 Å². The molecule has 0 spiro atoms. The lowest BCUT2D eigenvalue weighted by molar-refractivity contribution is -0.384. The zero-order chi connectivity index (χ0) is 27.1. The first kappa shape index (κ1) is 29.8. The van der Waals surface area contributed by atoms with E-state index in [9.17, 15) is 24.5 Å². The number of β-lactam (4-membered cyclic amide) rings is 1. The number of unbranched alkanes of at least 4 members (excludes halogenated alkanes) is 1. The van der Waals surface area contributed by atoms with E-state index < -0.39 is 19.3 Å². The zero-order valence-corrected chi connectivity index (χ0v) is 23.6. The smallest absolute Gasteiger partial charge is 0.407 e. The van der Waals surface area contributed by atoms with Crippen LogP contribution in [-0.2, 0) is 25.4 Å². The van der Waals surface area contributed by atoms with E-state index in [-0.39, 0.29) is 45.8 Å². The van der Waals surface area contributed by atoms with Gasteiger partial charge in [0.25, 0.3) is 5.69 Å². The number of nitrogens with zero attached hydrogens (tertiary/aromatic N) is 1. The van der Waals surface area contributed by atoms with Crippen LogP contribution in [0.15, 0.2) is 24.3 Å². The predicted molar refractivity (Wildman–Crippen MR) is 141 cm³/mol. The molecule has 1 aliphatic rings. The molecule has 0 bridgehead atoms. The molecule has 0 aliphatic carbocycles. The summed E-state index contributed by atoms with van der Waals surface area (Å²) in [5.41, 5.74) is 0.615. The van der Waals surface area contributed by atoms with E-state index >= 15 is 0 Å². The molecule has 1 fully saturated rings. The van der Waals surface area contributed by atoms with Crippen molar-refractivity contribution in [1.29, 1.82) is 0 Å². The Morgan fingerprint density at radius 3 is 2.42 bits per heavy atom. The van der Waals surface area contributed by atoms with Gasteiger partial charge in [-0.05, 0) is 55.6 Å². The van der Waals surface area contributed by atoms with Gasteiger partial charge in [0, 0.05) is 25.1 Å². The van der Waals surface area contributed by atoms with Gasteiger partial charge in [-0.3, -0.25) is 19.7 Å². The molecule has 2 amide bonds. The van der Waals surface area contributed by atoms with Gasteiger partial charge in [0.05, 0.1) is 22.3 Å². The molecule has 1 saturated heterocycles. The highest BCUT2D eigenvalue weighted by molar-refractivity contribution is 8.14. The van der Waals surface area contributed by atoms with E-state index in [1.807, 2.05) is 6.92 Å². The number of rotatable bonds is 12. The maximum Gasteiger partial charge on any atom is 0.407 e. The number of ether oxygens (including phenoxy) is 1. The second-order valence-corrected chi connectivity index (χ2v) is 16.4. The first-order chi connectivity index (χ1) is 16.7. The van der Waals surface area contributed by atoms with Gasteiger partial charge in [-0.15, -0.1) is 0 Å². The van der Waals surface area contributed by atoms with Crippen molar-refractivity contribution >= 4 is 42.9 Å². The van der Waals surface area contributed by atoms with Gasteiger partial charge in [0.1, 0.15) is 6.61 Å². The third-order valence-corrected chi connectivity index (χ3v) is 12.3. The number of nitro benzene ring substituents is 1. The molecule has 0 aromatic heterocycles. The molecular weight excluding hydrogens is 502 g/mol. The Morgan fingerprint density at radius 1 is 1.22 bits per heavy atom. The Kier molecular flexibility index (Phi) is 10.5. The molecule has 10 nitrogen and oxygen atoms in total. The van der Waals surface area contributed by atoms with Gasteiger partial charge in [0.15, 0.2) is 13.4 Å². The van der Waals surface area contributed by atoms with Crippen molar-refractivity contribution in [1.82, 2.24) is 10.6 Å². The van der Waals surface area contributed by atoms with E-state index in [0.717, 1.165) is 11.8 Å².